The van der Waals surface area contributed by atoms with Crippen LogP contribution in [-0.2, 0) is 0 Å². The van der Waals surface area contributed by atoms with Crippen molar-refractivity contribution in [2.24, 2.45) is 0 Å². The number of benzene rings is 1. The van der Waals surface area contributed by atoms with E-state index in [1.165, 1.54) is 0 Å². The molecule has 0 aliphatic carbocycles. The summed E-state index contributed by atoms with van der Waals surface area (Å²) in [7, 11) is 0. The number of rotatable bonds is 3. The van der Waals surface area contributed by atoms with Gasteiger partial charge in [0.2, 0.25) is 0 Å². The number of imidazole rings is 1. The van der Waals surface area contributed by atoms with Crippen LogP contribution >= 0.6 is 11.6 Å². The summed E-state index contributed by atoms with van der Waals surface area (Å²) in [5.41, 5.74) is 2.60. The summed E-state index contributed by atoms with van der Waals surface area (Å²) in [4.78, 5) is 24.7. The van der Waals surface area contributed by atoms with Crippen LogP contribution in [0.25, 0.3) is 22.6 Å². The highest BCUT2D eigenvalue weighted by atomic mass is 35.5. The molecule has 0 saturated carbocycles. The second kappa shape index (κ2) is 6.82. The molecule has 1 atom stereocenters. The van der Waals surface area contributed by atoms with Crippen LogP contribution < -0.4 is 10.6 Å². The van der Waals surface area contributed by atoms with Gasteiger partial charge in [0.05, 0.1) is 5.56 Å². The second-order valence-corrected chi connectivity index (χ2v) is 6.60. The second-order valence-electron chi connectivity index (χ2n) is 6.16. The Balaban J connectivity index is 1.65. The molecule has 25 heavy (non-hydrogen) atoms. The van der Waals surface area contributed by atoms with Crippen LogP contribution in [0.3, 0.4) is 0 Å². The van der Waals surface area contributed by atoms with Crippen molar-refractivity contribution in [1.29, 1.82) is 0 Å². The van der Waals surface area contributed by atoms with E-state index in [-0.39, 0.29) is 11.9 Å². The molecule has 1 saturated heterocycles. The van der Waals surface area contributed by atoms with Gasteiger partial charge in [0, 0.05) is 29.4 Å². The molecule has 1 fully saturated rings. The van der Waals surface area contributed by atoms with E-state index in [1.807, 2.05) is 12.1 Å². The number of carbonyl (C=O) groups is 1. The first-order valence-corrected chi connectivity index (χ1v) is 8.71. The number of fused-ring (bicyclic) bond motifs is 1. The van der Waals surface area contributed by atoms with Gasteiger partial charge in [-0.1, -0.05) is 11.6 Å². The SMILES string of the molecule is O=C(NC1CCCNC1)c1ccnc2[nH]c(-c3ccc(Cl)cc3)nc12. The first-order valence-electron chi connectivity index (χ1n) is 8.33. The van der Waals surface area contributed by atoms with E-state index in [1.54, 1.807) is 24.4 Å². The van der Waals surface area contributed by atoms with Gasteiger partial charge in [-0.15, -0.1) is 0 Å². The summed E-state index contributed by atoms with van der Waals surface area (Å²) in [6.07, 6.45) is 3.68. The molecule has 0 radical (unpaired) electrons. The Morgan fingerprint density at radius 3 is 2.84 bits per heavy atom. The van der Waals surface area contributed by atoms with Crippen molar-refractivity contribution >= 4 is 28.7 Å². The molecule has 3 heterocycles. The Kier molecular flexibility index (Phi) is 4.38. The molecule has 6 nitrogen and oxygen atoms in total. The van der Waals surface area contributed by atoms with E-state index in [4.69, 9.17) is 11.6 Å². The topological polar surface area (TPSA) is 82.7 Å². The number of H-pyrrole nitrogens is 1. The molecule has 1 unspecified atom stereocenters. The summed E-state index contributed by atoms with van der Waals surface area (Å²) < 4.78 is 0. The van der Waals surface area contributed by atoms with E-state index in [2.05, 4.69) is 25.6 Å². The number of aromatic amines is 1. The Hall–Kier alpha value is -2.44. The van der Waals surface area contributed by atoms with E-state index >= 15 is 0 Å². The van der Waals surface area contributed by atoms with Crippen LogP contribution in [0.4, 0.5) is 0 Å². The highest BCUT2D eigenvalue weighted by Gasteiger charge is 2.19. The smallest absolute Gasteiger partial charge is 0.253 e. The number of hydrogen-bond acceptors (Lipinski definition) is 4. The molecule has 1 aliphatic rings. The van der Waals surface area contributed by atoms with Gasteiger partial charge in [0.1, 0.15) is 11.3 Å². The predicted molar refractivity (Wildman–Crippen MR) is 97.7 cm³/mol. The Labute approximate surface area is 150 Å². The zero-order chi connectivity index (χ0) is 17.2. The molecule has 128 valence electrons. The molecule has 7 heteroatoms. The van der Waals surface area contributed by atoms with Crippen molar-refractivity contribution < 1.29 is 4.79 Å². The lowest BCUT2D eigenvalue weighted by Gasteiger charge is -2.23. The maximum absolute atomic E-state index is 12.7. The van der Waals surface area contributed by atoms with Gasteiger partial charge in [-0.3, -0.25) is 4.79 Å². The summed E-state index contributed by atoms with van der Waals surface area (Å²) in [6, 6.07) is 9.24. The van der Waals surface area contributed by atoms with Crippen molar-refractivity contribution in [3.63, 3.8) is 0 Å². The predicted octanol–water partition coefficient (Wildman–Crippen LogP) is 2.76. The number of amides is 1. The molecule has 2 aromatic heterocycles. The highest BCUT2D eigenvalue weighted by molar-refractivity contribution is 6.30. The van der Waals surface area contributed by atoms with Crippen LogP contribution in [0.5, 0.6) is 0 Å². The maximum atomic E-state index is 12.7. The van der Waals surface area contributed by atoms with Crippen LogP contribution in [-0.4, -0.2) is 40.0 Å². The first-order chi connectivity index (χ1) is 12.2. The Morgan fingerprint density at radius 1 is 1.24 bits per heavy atom. The number of aromatic nitrogens is 3. The summed E-state index contributed by atoms with van der Waals surface area (Å²) >= 11 is 5.94. The minimum absolute atomic E-state index is 0.116. The minimum atomic E-state index is -0.116. The highest BCUT2D eigenvalue weighted by Crippen LogP contribution is 2.23. The fraction of sp³-hybridized carbons (Fsp3) is 0.278. The average molecular weight is 356 g/mol. The summed E-state index contributed by atoms with van der Waals surface area (Å²) in [5.74, 6) is 0.550. The lowest BCUT2D eigenvalue weighted by molar-refractivity contribution is 0.0932. The van der Waals surface area contributed by atoms with Crippen LogP contribution in [0.2, 0.25) is 5.02 Å². The van der Waals surface area contributed by atoms with Gasteiger partial charge >= 0.3 is 0 Å². The normalized spacial score (nSPS) is 17.6. The molecule has 1 aromatic carbocycles. The molecule has 3 aromatic rings. The molecule has 3 N–H and O–H groups in total. The van der Waals surface area contributed by atoms with Crippen molar-refractivity contribution in [2.45, 2.75) is 18.9 Å². The van der Waals surface area contributed by atoms with E-state index in [0.717, 1.165) is 31.5 Å². The zero-order valence-electron chi connectivity index (χ0n) is 13.6. The number of piperidine rings is 1. The van der Waals surface area contributed by atoms with E-state index in [0.29, 0.717) is 27.6 Å². The minimum Gasteiger partial charge on any atom is -0.348 e. The maximum Gasteiger partial charge on any atom is 0.253 e. The number of hydrogen-bond donors (Lipinski definition) is 3. The molecule has 0 spiro atoms. The third-order valence-electron chi connectivity index (χ3n) is 4.38. The number of nitrogens with zero attached hydrogens (tertiary/aromatic N) is 2. The number of pyridine rings is 1. The average Bonchev–Trinajstić information content (AvgIpc) is 3.07. The van der Waals surface area contributed by atoms with E-state index in [9.17, 15) is 4.79 Å². The molecule has 0 bridgehead atoms. The molecule has 1 amide bonds. The number of carbonyl (C=O) groups excluding carboxylic acids is 1. The zero-order valence-corrected chi connectivity index (χ0v) is 14.3. The number of nitrogens with one attached hydrogen (secondary N) is 3. The monoisotopic (exact) mass is 355 g/mol. The van der Waals surface area contributed by atoms with Gasteiger partial charge < -0.3 is 15.6 Å². The summed E-state index contributed by atoms with van der Waals surface area (Å²) in [5, 5.41) is 7.05. The van der Waals surface area contributed by atoms with Crippen LogP contribution in [0.1, 0.15) is 23.2 Å². The van der Waals surface area contributed by atoms with Crippen molar-refractivity contribution in [2.75, 3.05) is 13.1 Å². The van der Waals surface area contributed by atoms with Crippen molar-refractivity contribution in [3.05, 3.63) is 47.1 Å². The fourth-order valence-electron chi connectivity index (χ4n) is 3.08. The Morgan fingerprint density at radius 2 is 2.08 bits per heavy atom. The van der Waals surface area contributed by atoms with Gasteiger partial charge in [-0.25, -0.2) is 9.97 Å². The molecule has 4 rings (SSSR count). The quantitative estimate of drug-likeness (QED) is 0.674. The molecule has 1 aliphatic heterocycles. The van der Waals surface area contributed by atoms with Gasteiger partial charge in [-0.05, 0) is 49.7 Å². The third kappa shape index (κ3) is 3.36. The van der Waals surface area contributed by atoms with Crippen LogP contribution in [0, 0.1) is 0 Å². The lowest BCUT2D eigenvalue weighted by Crippen LogP contribution is -2.45. The first kappa shape index (κ1) is 16.1. The van der Waals surface area contributed by atoms with Gasteiger partial charge in [0.25, 0.3) is 5.91 Å². The largest absolute Gasteiger partial charge is 0.348 e. The lowest BCUT2D eigenvalue weighted by atomic mass is 10.1. The fourth-order valence-corrected chi connectivity index (χ4v) is 3.20. The summed E-state index contributed by atoms with van der Waals surface area (Å²) in [6.45, 7) is 1.81. The Bertz CT molecular complexity index is 899. The van der Waals surface area contributed by atoms with E-state index < -0.39 is 0 Å². The van der Waals surface area contributed by atoms with Crippen molar-refractivity contribution in [1.82, 2.24) is 25.6 Å². The van der Waals surface area contributed by atoms with Gasteiger partial charge in [0.15, 0.2) is 5.65 Å². The van der Waals surface area contributed by atoms with Crippen LogP contribution in [0.15, 0.2) is 36.5 Å². The molecular weight excluding hydrogens is 338 g/mol. The third-order valence-corrected chi connectivity index (χ3v) is 4.63. The number of halogens is 1. The van der Waals surface area contributed by atoms with Gasteiger partial charge in [-0.2, -0.15) is 0 Å². The molecular formula is C18H18ClN5O. The van der Waals surface area contributed by atoms with Crippen molar-refractivity contribution in [3.8, 4) is 11.4 Å². The standard InChI is InChI=1S/C18H18ClN5O/c19-12-5-3-11(4-6-12)16-23-15-14(7-9-21-17(15)24-16)18(25)22-13-2-1-8-20-10-13/h3-7,9,13,20H,1-2,8,10H2,(H,22,25)(H,21,23,24).